The Balaban J connectivity index is 1.61. The number of hydrogen-bond acceptors (Lipinski definition) is 4. The fourth-order valence-electron chi connectivity index (χ4n) is 2.95. The Bertz CT molecular complexity index is 834. The minimum Gasteiger partial charge on any atom is -0.378 e. The van der Waals surface area contributed by atoms with Gasteiger partial charge in [0.15, 0.2) is 0 Å². The van der Waals surface area contributed by atoms with Gasteiger partial charge in [-0.05, 0) is 28.1 Å². The highest BCUT2D eigenvalue weighted by molar-refractivity contribution is 9.10. The Morgan fingerprint density at radius 3 is 2.74 bits per heavy atom. The third-order valence-electron chi connectivity index (χ3n) is 4.09. The van der Waals surface area contributed by atoms with Crippen molar-refractivity contribution >= 4 is 27.3 Å². The van der Waals surface area contributed by atoms with Crippen LogP contribution in [0.3, 0.4) is 0 Å². The number of imidazole rings is 1. The number of fused-ring (bicyclic) bond motifs is 1. The monoisotopic (exact) mass is 375 g/mol. The summed E-state index contributed by atoms with van der Waals surface area (Å²) in [5, 5.41) is 4.32. The van der Waals surface area contributed by atoms with Crippen LogP contribution in [0.4, 0.5) is 5.69 Å². The van der Waals surface area contributed by atoms with Crippen molar-refractivity contribution in [2.75, 3.05) is 31.2 Å². The summed E-state index contributed by atoms with van der Waals surface area (Å²) in [6, 6.07) is 4.21. The first kappa shape index (κ1) is 14.7. The molecule has 1 aliphatic rings. The maximum atomic E-state index is 5.42. The fraction of sp³-hybridized carbons (Fsp3) is 0.375. The molecule has 0 saturated carbocycles. The van der Waals surface area contributed by atoms with E-state index in [-0.39, 0.29) is 0 Å². The van der Waals surface area contributed by atoms with Gasteiger partial charge in [-0.1, -0.05) is 0 Å². The Labute approximate surface area is 142 Å². The average molecular weight is 376 g/mol. The molecular formula is C16H18BrN5O. The number of ether oxygens (including phenoxy) is 1. The molecule has 4 rings (SSSR count). The minimum absolute atomic E-state index is 0.767. The maximum absolute atomic E-state index is 5.42. The summed E-state index contributed by atoms with van der Waals surface area (Å²) in [4.78, 5) is 7.05. The molecule has 0 bridgehead atoms. The highest BCUT2D eigenvalue weighted by atomic mass is 79.9. The van der Waals surface area contributed by atoms with Crippen LogP contribution in [-0.2, 0) is 18.2 Å². The molecule has 3 aromatic rings. The summed E-state index contributed by atoms with van der Waals surface area (Å²) in [5.74, 6) is 0. The van der Waals surface area contributed by atoms with E-state index in [0.717, 1.165) is 54.2 Å². The lowest BCUT2D eigenvalue weighted by molar-refractivity contribution is 0.122. The first-order chi connectivity index (χ1) is 11.2. The van der Waals surface area contributed by atoms with E-state index >= 15 is 0 Å². The number of halogens is 1. The molecule has 7 heteroatoms. The van der Waals surface area contributed by atoms with E-state index < -0.39 is 0 Å². The molecule has 4 heterocycles. The molecule has 0 radical (unpaired) electrons. The summed E-state index contributed by atoms with van der Waals surface area (Å²) in [6.45, 7) is 3.47. The second kappa shape index (κ2) is 5.98. The molecule has 23 heavy (non-hydrogen) atoms. The molecule has 6 nitrogen and oxygen atoms in total. The Kier molecular flexibility index (Phi) is 3.82. The van der Waals surface area contributed by atoms with Crippen LogP contribution in [0.15, 0.2) is 35.3 Å². The van der Waals surface area contributed by atoms with E-state index in [2.05, 4.69) is 54.9 Å². The van der Waals surface area contributed by atoms with E-state index in [9.17, 15) is 0 Å². The smallest absolute Gasteiger partial charge is 0.137 e. The zero-order valence-corrected chi connectivity index (χ0v) is 14.5. The molecule has 1 fully saturated rings. The lowest BCUT2D eigenvalue weighted by atomic mass is 10.2. The Hall–Kier alpha value is -1.86. The number of anilines is 1. The Morgan fingerprint density at radius 2 is 2.00 bits per heavy atom. The van der Waals surface area contributed by atoms with Gasteiger partial charge in [-0.2, -0.15) is 5.10 Å². The third-order valence-corrected chi connectivity index (χ3v) is 4.75. The number of rotatable bonds is 3. The zero-order chi connectivity index (χ0) is 15.8. The van der Waals surface area contributed by atoms with Gasteiger partial charge in [-0.15, -0.1) is 0 Å². The van der Waals surface area contributed by atoms with Crippen molar-refractivity contribution in [1.82, 2.24) is 19.2 Å². The summed E-state index contributed by atoms with van der Waals surface area (Å²) in [6.07, 6.45) is 7.03. The molecule has 1 aliphatic heterocycles. The van der Waals surface area contributed by atoms with Crippen LogP contribution in [0.25, 0.3) is 5.65 Å². The van der Waals surface area contributed by atoms with Gasteiger partial charge in [0, 0.05) is 50.7 Å². The van der Waals surface area contributed by atoms with E-state index in [4.69, 9.17) is 9.72 Å². The van der Waals surface area contributed by atoms with Crippen LogP contribution in [0.1, 0.15) is 11.3 Å². The second-order valence-corrected chi connectivity index (χ2v) is 6.53. The van der Waals surface area contributed by atoms with Gasteiger partial charge in [0.05, 0.1) is 24.6 Å². The van der Waals surface area contributed by atoms with Gasteiger partial charge in [0.1, 0.15) is 10.3 Å². The number of aryl methyl sites for hydroxylation is 1. The molecule has 120 valence electrons. The van der Waals surface area contributed by atoms with Gasteiger partial charge in [0.25, 0.3) is 0 Å². The predicted molar refractivity (Wildman–Crippen MR) is 91.9 cm³/mol. The molecule has 0 aliphatic carbocycles. The van der Waals surface area contributed by atoms with Crippen LogP contribution < -0.4 is 4.90 Å². The topological polar surface area (TPSA) is 47.6 Å². The van der Waals surface area contributed by atoms with Crippen molar-refractivity contribution in [1.29, 1.82) is 0 Å². The van der Waals surface area contributed by atoms with Crippen LogP contribution in [0, 0.1) is 0 Å². The zero-order valence-electron chi connectivity index (χ0n) is 12.9. The van der Waals surface area contributed by atoms with Gasteiger partial charge >= 0.3 is 0 Å². The van der Waals surface area contributed by atoms with Gasteiger partial charge < -0.3 is 14.0 Å². The second-order valence-electron chi connectivity index (χ2n) is 5.78. The maximum Gasteiger partial charge on any atom is 0.137 e. The number of nitrogens with zero attached hydrogens (tertiary/aromatic N) is 5. The lowest BCUT2D eigenvalue weighted by Crippen LogP contribution is -2.36. The number of morpholine rings is 1. The summed E-state index contributed by atoms with van der Waals surface area (Å²) >= 11 is 3.50. The van der Waals surface area contributed by atoms with Crippen LogP contribution in [-0.4, -0.2) is 45.5 Å². The van der Waals surface area contributed by atoms with Crippen molar-refractivity contribution in [2.45, 2.75) is 6.42 Å². The van der Waals surface area contributed by atoms with Crippen molar-refractivity contribution in [2.24, 2.45) is 7.05 Å². The fourth-order valence-corrected chi connectivity index (χ4v) is 3.44. The summed E-state index contributed by atoms with van der Waals surface area (Å²) in [7, 11) is 1.92. The normalized spacial score (nSPS) is 15.5. The van der Waals surface area contributed by atoms with Gasteiger partial charge in [0.2, 0.25) is 0 Å². The molecule has 3 aromatic heterocycles. The largest absolute Gasteiger partial charge is 0.378 e. The van der Waals surface area contributed by atoms with Crippen molar-refractivity contribution < 1.29 is 4.74 Å². The molecule has 0 atom stereocenters. The van der Waals surface area contributed by atoms with Crippen LogP contribution in [0.5, 0.6) is 0 Å². The number of pyridine rings is 1. The van der Waals surface area contributed by atoms with Crippen LogP contribution in [0.2, 0.25) is 0 Å². The van der Waals surface area contributed by atoms with Crippen LogP contribution >= 0.6 is 15.9 Å². The molecular weight excluding hydrogens is 358 g/mol. The standard InChI is InChI=1S/C16H18BrN5O/c1-20-9-12(16(17)19-20)8-13-10-22-11-14(2-3-15(22)18-13)21-4-6-23-7-5-21/h2-3,9-11H,4-8H2,1H3. The minimum atomic E-state index is 0.767. The van der Waals surface area contributed by atoms with E-state index in [1.807, 2.05) is 17.9 Å². The lowest BCUT2D eigenvalue weighted by Gasteiger charge is -2.28. The molecule has 0 spiro atoms. The molecule has 1 saturated heterocycles. The quantitative estimate of drug-likeness (QED) is 0.704. The number of aromatic nitrogens is 4. The molecule has 0 N–H and O–H groups in total. The summed E-state index contributed by atoms with van der Waals surface area (Å²) in [5.41, 5.74) is 4.37. The first-order valence-electron chi connectivity index (χ1n) is 7.67. The van der Waals surface area contributed by atoms with Crippen molar-refractivity contribution in [3.63, 3.8) is 0 Å². The summed E-state index contributed by atoms with van der Waals surface area (Å²) < 4.78 is 10.2. The molecule has 0 unspecified atom stereocenters. The third kappa shape index (κ3) is 2.98. The highest BCUT2D eigenvalue weighted by Gasteiger charge is 2.13. The van der Waals surface area contributed by atoms with Gasteiger partial charge in [-0.3, -0.25) is 4.68 Å². The highest BCUT2D eigenvalue weighted by Crippen LogP contribution is 2.20. The number of hydrogen-bond donors (Lipinski definition) is 0. The Morgan fingerprint density at radius 1 is 1.17 bits per heavy atom. The van der Waals surface area contributed by atoms with Gasteiger partial charge in [-0.25, -0.2) is 4.98 Å². The predicted octanol–water partition coefficient (Wildman–Crippen LogP) is 2.26. The molecule has 0 amide bonds. The van der Waals surface area contributed by atoms with E-state index in [1.54, 1.807) is 0 Å². The first-order valence-corrected chi connectivity index (χ1v) is 8.47. The van der Waals surface area contributed by atoms with E-state index in [1.165, 1.54) is 5.69 Å². The molecule has 0 aromatic carbocycles. The van der Waals surface area contributed by atoms with Crippen molar-refractivity contribution in [3.05, 3.63) is 46.6 Å². The SMILES string of the molecule is Cn1cc(Cc2cn3cc(N4CCOCC4)ccc3n2)c(Br)n1. The average Bonchev–Trinajstić information content (AvgIpc) is 3.10. The van der Waals surface area contributed by atoms with E-state index in [0.29, 0.717) is 0 Å². The van der Waals surface area contributed by atoms with Crippen molar-refractivity contribution in [3.8, 4) is 0 Å².